The van der Waals surface area contributed by atoms with Crippen molar-refractivity contribution in [3.8, 4) is 5.75 Å². The number of fused-ring (bicyclic) bond motifs is 1. The molecular formula is C16H16FNO3. The van der Waals surface area contributed by atoms with Gasteiger partial charge in [-0.25, -0.2) is 4.39 Å². The van der Waals surface area contributed by atoms with Gasteiger partial charge in [-0.2, -0.15) is 0 Å². The standard InChI is InChI=1S/C16H16FNO3/c17-11-5-7-12(8-6-11)21-10-9-18-15(19)13-3-1-2-4-14(13)16(18)20/h1-2,5-8,13-14H,3-4,9-10H2. The minimum Gasteiger partial charge on any atom is -0.492 e. The summed E-state index contributed by atoms with van der Waals surface area (Å²) in [5.41, 5.74) is 0. The summed E-state index contributed by atoms with van der Waals surface area (Å²) in [7, 11) is 0. The van der Waals surface area contributed by atoms with Gasteiger partial charge in [-0.1, -0.05) is 12.2 Å². The number of hydrogen-bond donors (Lipinski definition) is 0. The topological polar surface area (TPSA) is 46.6 Å². The van der Waals surface area contributed by atoms with Crippen LogP contribution in [0.4, 0.5) is 4.39 Å². The molecule has 1 saturated heterocycles. The van der Waals surface area contributed by atoms with Crippen LogP contribution >= 0.6 is 0 Å². The molecule has 0 spiro atoms. The van der Waals surface area contributed by atoms with E-state index in [1.807, 2.05) is 12.2 Å². The molecule has 2 aliphatic rings. The molecule has 1 aliphatic heterocycles. The maximum absolute atomic E-state index is 12.8. The maximum Gasteiger partial charge on any atom is 0.233 e. The van der Waals surface area contributed by atoms with Crippen molar-refractivity contribution in [2.24, 2.45) is 11.8 Å². The first-order chi connectivity index (χ1) is 10.2. The summed E-state index contributed by atoms with van der Waals surface area (Å²) in [6.07, 6.45) is 5.21. The van der Waals surface area contributed by atoms with Crippen LogP contribution in [0.1, 0.15) is 12.8 Å². The molecule has 1 heterocycles. The van der Waals surface area contributed by atoms with Gasteiger partial charge in [0.05, 0.1) is 18.4 Å². The second-order valence-corrected chi connectivity index (χ2v) is 5.29. The number of likely N-dealkylation sites (tertiary alicyclic amines) is 1. The Morgan fingerprint density at radius 3 is 2.19 bits per heavy atom. The molecule has 2 amide bonds. The lowest BCUT2D eigenvalue weighted by Crippen LogP contribution is -2.34. The van der Waals surface area contributed by atoms with Crippen LogP contribution in [-0.2, 0) is 9.59 Å². The quantitative estimate of drug-likeness (QED) is 0.630. The van der Waals surface area contributed by atoms with Crippen LogP contribution in [0.3, 0.4) is 0 Å². The fourth-order valence-corrected chi connectivity index (χ4v) is 2.87. The van der Waals surface area contributed by atoms with Gasteiger partial charge < -0.3 is 4.74 Å². The molecule has 21 heavy (non-hydrogen) atoms. The Kier molecular flexibility index (Phi) is 3.73. The molecule has 1 aromatic carbocycles. The highest BCUT2D eigenvalue weighted by Crippen LogP contribution is 2.34. The lowest BCUT2D eigenvalue weighted by molar-refractivity contribution is -0.140. The van der Waals surface area contributed by atoms with Crippen molar-refractivity contribution in [2.45, 2.75) is 12.8 Å². The van der Waals surface area contributed by atoms with Crippen molar-refractivity contribution >= 4 is 11.8 Å². The first-order valence-electron chi connectivity index (χ1n) is 7.05. The van der Waals surface area contributed by atoms with Gasteiger partial charge in [-0.05, 0) is 37.1 Å². The van der Waals surface area contributed by atoms with Crippen LogP contribution in [-0.4, -0.2) is 29.9 Å². The van der Waals surface area contributed by atoms with E-state index < -0.39 is 0 Å². The maximum atomic E-state index is 12.8. The Morgan fingerprint density at radius 2 is 1.62 bits per heavy atom. The first kappa shape index (κ1) is 13.8. The highest BCUT2D eigenvalue weighted by Gasteiger charge is 2.46. The van der Waals surface area contributed by atoms with E-state index in [0.717, 1.165) is 0 Å². The highest BCUT2D eigenvalue weighted by molar-refractivity contribution is 6.05. The second-order valence-electron chi connectivity index (χ2n) is 5.29. The molecule has 0 aromatic heterocycles. The largest absolute Gasteiger partial charge is 0.492 e. The summed E-state index contributed by atoms with van der Waals surface area (Å²) < 4.78 is 18.2. The van der Waals surface area contributed by atoms with Crippen LogP contribution in [0, 0.1) is 17.7 Å². The summed E-state index contributed by atoms with van der Waals surface area (Å²) in [6.45, 7) is 0.456. The van der Waals surface area contributed by atoms with Crippen molar-refractivity contribution in [1.29, 1.82) is 0 Å². The van der Waals surface area contributed by atoms with E-state index >= 15 is 0 Å². The molecule has 5 heteroatoms. The van der Waals surface area contributed by atoms with Gasteiger partial charge in [0.15, 0.2) is 0 Å². The monoisotopic (exact) mass is 289 g/mol. The normalized spacial score (nSPS) is 24.3. The molecule has 1 fully saturated rings. The third-order valence-corrected chi connectivity index (χ3v) is 4.00. The molecule has 0 N–H and O–H groups in total. The molecule has 0 radical (unpaired) electrons. The van der Waals surface area contributed by atoms with Gasteiger partial charge in [-0.15, -0.1) is 0 Å². The van der Waals surface area contributed by atoms with E-state index in [-0.39, 0.29) is 42.6 Å². The van der Waals surface area contributed by atoms with E-state index in [4.69, 9.17) is 4.74 Å². The number of carbonyl (C=O) groups excluding carboxylic acids is 2. The predicted molar refractivity (Wildman–Crippen MR) is 74.0 cm³/mol. The summed E-state index contributed by atoms with van der Waals surface area (Å²) >= 11 is 0. The molecule has 1 aromatic rings. The van der Waals surface area contributed by atoms with E-state index in [2.05, 4.69) is 0 Å². The Bertz CT molecular complexity index is 556. The molecular weight excluding hydrogens is 273 g/mol. The van der Waals surface area contributed by atoms with Gasteiger partial charge >= 0.3 is 0 Å². The second kappa shape index (κ2) is 5.68. The Balaban J connectivity index is 1.57. The Labute approximate surface area is 122 Å². The highest BCUT2D eigenvalue weighted by atomic mass is 19.1. The van der Waals surface area contributed by atoms with Crippen LogP contribution in [0.5, 0.6) is 5.75 Å². The molecule has 1 aliphatic carbocycles. The fraction of sp³-hybridized carbons (Fsp3) is 0.375. The van der Waals surface area contributed by atoms with Gasteiger partial charge in [0, 0.05) is 0 Å². The average molecular weight is 289 g/mol. The average Bonchev–Trinajstić information content (AvgIpc) is 2.75. The van der Waals surface area contributed by atoms with E-state index in [1.165, 1.54) is 29.2 Å². The predicted octanol–water partition coefficient (Wildman–Crippen LogP) is 2.16. The summed E-state index contributed by atoms with van der Waals surface area (Å²) in [5, 5.41) is 0. The third kappa shape index (κ3) is 2.68. The number of rotatable bonds is 4. The lowest BCUT2D eigenvalue weighted by Gasteiger charge is -2.15. The van der Waals surface area contributed by atoms with E-state index in [0.29, 0.717) is 18.6 Å². The zero-order valence-corrected chi connectivity index (χ0v) is 11.5. The number of halogens is 1. The van der Waals surface area contributed by atoms with Gasteiger partial charge in [0.25, 0.3) is 0 Å². The fourth-order valence-electron chi connectivity index (χ4n) is 2.87. The van der Waals surface area contributed by atoms with Crippen molar-refractivity contribution in [1.82, 2.24) is 4.90 Å². The molecule has 0 saturated carbocycles. The molecule has 4 nitrogen and oxygen atoms in total. The number of carbonyl (C=O) groups is 2. The lowest BCUT2D eigenvalue weighted by atomic mass is 9.85. The minimum absolute atomic E-state index is 0.0999. The summed E-state index contributed by atoms with van der Waals surface area (Å²) in [6, 6.07) is 5.66. The van der Waals surface area contributed by atoms with Crippen LogP contribution < -0.4 is 4.74 Å². The molecule has 2 atom stereocenters. The number of amides is 2. The summed E-state index contributed by atoms with van der Waals surface area (Å²) in [4.78, 5) is 25.7. The van der Waals surface area contributed by atoms with E-state index in [1.54, 1.807) is 0 Å². The molecule has 0 bridgehead atoms. The van der Waals surface area contributed by atoms with Crippen LogP contribution in [0.2, 0.25) is 0 Å². The number of nitrogens with zero attached hydrogens (tertiary/aromatic N) is 1. The summed E-state index contributed by atoms with van der Waals surface area (Å²) in [5.74, 6) is -0.408. The van der Waals surface area contributed by atoms with E-state index in [9.17, 15) is 14.0 Å². The van der Waals surface area contributed by atoms with Gasteiger partial charge in [-0.3, -0.25) is 14.5 Å². The minimum atomic E-state index is -0.330. The zero-order valence-electron chi connectivity index (χ0n) is 11.5. The molecule has 2 unspecified atom stereocenters. The number of hydrogen-bond acceptors (Lipinski definition) is 3. The smallest absolute Gasteiger partial charge is 0.233 e. The van der Waals surface area contributed by atoms with Crippen LogP contribution in [0.15, 0.2) is 36.4 Å². The SMILES string of the molecule is O=C1C2CC=CCC2C(=O)N1CCOc1ccc(F)cc1. The number of ether oxygens (including phenoxy) is 1. The first-order valence-corrected chi connectivity index (χ1v) is 7.05. The van der Waals surface area contributed by atoms with Gasteiger partial charge in [0.1, 0.15) is 18.2 Å². The van der Waals surface area contributed by atoms with Crippen molar-refractivity contribution < 1.29 is 18.7 Å². The van der Waals surface area contributed by atoms with Crippen molar-refractivity contribution in [3.05, 3.63) is 42.2 Å². The zero-order chi connectivity index (χ0) is 14.8. The molecule has 3 rings (SSSR count). The number of imide groups is 1. The Morgan fingerprint density at radius 1 is 1.05 bits per heavy atom. The van der Waals surface area contributed by atoms with Gasteiger partial charge in [0.2, 0.25) is 11.8 Å². The third-order valence-electron chi connectivity index (χ3n) is 4.00. The molecule has 110 valence electrons. The van der Waals surface area contributed by atoms with Crippen molar-refractivity contribution in [3.63, 3.8) is 0 Å². The number of allylic oxidation sites excluding steroid dienone is 2. The van der Waals surface area contributed by atoms with Crippen LogP contribution in [0.25, 0.3) is 0 Å². The number of benzene rings is 1. The Hall–Kier alpha value is -2.17. The van der Waals surface area contributed by atoms with Crippen molar-refractivity contribution in [2.75, 3.05) is 13.2 Å².